The summed E-state index contributed by atoms with van der Waals surface area (Å²) in [7, 11) is 0. The van der Waals surface area contributed by atoms with Gasteiger partial charge < -0.3 is 28.8 Å². The van der Waals surface area contributed by atoms with Gasteiger partial charge in [0.15, 0.2) is 0 Å². The minimum Gasteiger partial charge on any atom is -0.374 e. The molecule has 0 bridgehead atoms. The van der Waals surface area contributed by atoms with Crippen molar-refractivity contribution in [2.75, 3.05) is 6.61 Å². The van der Waals surface area contributed by atoms with Crippen LogP contribution >= 0.6 is 0 Å². The Morgan fingerprint density at radius 2 is 1.02 bits per heavy atom. The molecule has 1 fully saturated rings. The van der Waals surface area contributed by atoms with Gasteiger partial charge in [-0.05, 0) is 35.3 Å². The van der Waals surface area contributed by atoms with Crippen LogP contribution < -0.4 is 0 Å². The zero-order chi connectivity index (χ0) is 29.7. The van der Waals surface area contributed by atoms with Crippen LogP contribution in [0.15, 0.2) is 133 Å². The fourth-order valence-electron chi connectivity index (χ4n) is 5.26. The van der Waals surface area contributed by atoms with Gasteiger partial charge in [-0.3, -0.25) is 0 Å². The number of ether oxygens (including phenoxy) is 5. The van der Waals surface area contributed by atoms with Gasteiger partial charge in [0.25, 0.3) is 0 Å². The molecule has 1 saturated heterocycles. The Hall–Kier alpha value is -3.62. The number of hydrogen-bond donors (Lipinski definition) is 1. The van der Waals surface area contributed by atoms with Crippen LogP contribution in [0.1, 0.15) is 29.2 Å². The number of rotatable bonds is 14. The van der Waals surface area contributed by atoms with Gasteiger partial charge in [-0.2, -0.15) is 0 Å². The van der Waals surface area contributed by atoms with Crippen LogP contribution in [0.4, 0.5) is 0 Å². The number of benzene rings is 4. The molecule has 1 aliphatic rings. The van der Waals surface area contributed by atoms with E-state index in [1.54, 1.807) is 12.2 Å². The lowest BCUT2D eigenvalue weighted by molar-refractivity contribution is -0.351. The van der Waals surface area contributed by atoms with Crippen LogP contribution in [-0.4, -0.2) is 41.9 Å². The number of aliphatic hydroxyl groups is 1. The van der Waals surface area contributed by atoms with Crippen molar-refractivity contribution in [1.29, 1.82) is 0 Å². The third-order valence-corrected chi connectivity index (χ3v) is 7.38. The predicted octanol–water partition coefficient (Wildman–Crippen LogP) is 6.62. The smallest absolute Gasteiger partial charge is 0.215 e. The maximum absolute atomic E-state index is 12.0. The van der Waals surface area contributed by atoms with E-state index in [4.69, 9.17) is 23.7 Å². The highest BCUT2D eigenvalue weighted by Gasteiger charge is 2.55. The van der Waals surface area contributed by atoms with E-state index in [0.29, 0.717) is 19.8 Å². The minimum atomic E-state index is -1.78. The summed E-state index contributed by atoms with van der Waals surface area (Å²) in [5.74, 6) is -1.78. The molecule has 4 aromatic carbocycles. The first kappa shape index (κ1) is 30.8. The Labute approximate surface area is 254 Å². The van der Waals surface area contributed by atoms with Crippen LogP contribution in [0.5, 0.6) is 0 Å². The van der Waals surface area contributed by atoms with Crippen molar-refractivity contribution in [2.24, 2.45) is 0 Å². The maximum Gasteiger partial charge on any atom is 0.215 e. The second-order valence-corrected chi connectivity index (χ2v) is 10.6. The van der Waals surface area contributed by atoms with Gasteiger partial charge in [0.1, 0.15) is 24.4 Å². The quantitative estimate of drug-likeness (QED) is 0.169. The van der Waals surface area contributed by atoms with E-state index >= 15 is 0 Å². The van der Waals surface area contributed by atoms with Crippen molar-refractivity contribution in [2.45, 2.75) is 63.6 Å². The molecule has 1 heterocycles. The molecule has 1 N–H and O–H groups in total. The second-order valence-electron chi connectivity index (χ2n) is 10.6. The SMILES string of the molecule is C/C=C/[C@]1(O)O[C@H](COCc2ccccc2)[C@@H](OCc2ccccc2)[C@H](OCc2ccccc2)[C@H]1OCc1ccccc1. The third-order valence-electron chi connectivity index (χ3n) is 7.38. The Balaban J connectivity index is 1.45. The lowest BCUT2D eigenvalue weighted by atomic mass is 9.91. The average Bonchev–Trinajstić information content (AvgIpc) is 3.05. The Morgan fingerprint density at radius 3 is 1.49 bits per heavy atom. The van der Waals surface area contributed by atoms with E-state index < -0.39 is 30.2 Å². The van der Waals surface area contributed by atoms with Crippen LogP contribution in [-0.2, 0) is 50.1 Å². The highest BCUT2D eigenvalue weighted by atomic mass is 16.7. The normalized spacial score (nSPS) is 23.9. The van der Waals surface area contributed by atoms with Gasteiger partial charge in [0, 0.05) is 0 Å². The summed E-state index contributed by atoms with van der Waals surface area (Å²) in [5, 5.41) is 12.0. The first-order valence-corrected chi connectivity index (χ1v) is 14.8. The van der Waals surface area contributed by atoms with E-state index in [9.17, 15) is 5.11 Å². The fraction of sp³-hybridized carbons (Fsp3) is 0.297. The van der Waals surface area contributed by atoms with E-state index in [1.165, 1.54) is 0 Å². The highest BCUT2D eigenvalue weighted by molar-refractivity contribution is 5.17. The Bertz CT molecular complexity index is 1370. The van der Waals surface area contributed by atoms with Crippen molar-refractivity contribution < 1.29 is 28.8 Å². The zero-order valence-corrected chi connectivity index (χ0v) is 24.5. The molecule has 6 heteroatoms. The van der Waals surface area contributed by atoms with E-state index in [1.807, 2.05) is 128 Å². The molecule has 5 atom stereocenters. The summed E-state index contributed by atoms with van der Waals surface area (Å²) in [6, 6.07) is 39.8. The van der Waals surface area contributed by atoms with Gasteiger partial charge in [-0.1, -0.05) is 127 Å². The third kappa shape index (κ3) is 8.71. The second kappa shape index (κ2) is 15.7. The molecular weight excluding hydrogens is 540 g/mol. The van der Waals surface area contributed by atoms with Gasteiger partial charge in [-0.25, -0.2) is 0 Å². The molecule has 6 nitrogen and oxygen atoms in total. The minimum absolute atomic E-state index is 0.185. The fourth-order valence-corrected chi connectivity index (χ4v) is 5.26. The molecule has 0 unspecified atom stereocenters. The van der Waals surface area contributed by atoms with Crippen LogP contribution in [0.25, 0.3) is 0 Å². The molecule has 224 valence electrons. The largest absolute Gasteiger partial charge is 0.374 e. The van der Waals surface area contributed by atoms with Crippen molar-refractivity contribution >= 4 is 0 Å². The first-order chi connectivity index (χ1) is 21.1. The molecule has 0 aliphatic carbocycles. The molecule has 0 radical (unpaired) electrons. The number of allylic oxidation sites excluding steroid dienone is 1. The summed E-state index contributed by atoms with van der Waals surface area (Å²) in [6.45, 7) is 3.34. The molecule has 0 aromatic heterocycles. The summed E-state index contributed by atoms with van der Waals surface area (Å²) in [5.41, 5.74) is 4.04. The summed E-state index contributed by atoms with van der Waals surface area (Å²) in [4.78, 5) is 0. The van der Waals surface area contributed by atoms with Gasteiger partial charge >= 0.3 is 0 Å². The molecule has 0 amide bonds. The van der Waals surface area contributed by atoms with E-state index in [-0.39, 0.29) is 13.2 Å². The summed E-state index contributed by atoms with van der Waals surface area (Å²) < 4.78 is 32.3. The highest BCUT2D eigenvalue weighted by Crippen LogP contribution is 2.36. The molecular formula is C37H40O6. The molecule has 43 heavy (non-hydrogen) atoms. The van der Waals surface area contributed by atoms with Crippen LogP contribution in [0, 0.1) is 0 Å². The van der Waals surface area contributed by atoms with Crippen molar-refractivity contribution in [3.05, 3.63) is 156 Å². The molecule has 5 rings (SSSR count). The molecule has 0 spiro atoms. The Morgan fingerprint density at radius 1 is 0.605 bits per heavy atom. The summed E-state index contributed by atoms with van der Waals surface area (Å²) in [6.07, 6.45) is 0.558. The van der Waals surface area contributed by atoms with Gasteiger partial charge in [0.2, 0.25) is 5.79 Å². The maximum atomic E-state index is 12.0. The lowest BCUT2D eigenvalue weighted by Gasteiger charge is -2.49. The van der Waals surface area contributed by atoms with Crippen LogP contribution in [0.2, 0.25) is 0 Å². The summed E-state index contributed by atoms with van der Waals surface area (Å²) >= 11 is 0. The van der Waals surface area contributed by atoms with Gasteiger partial charge in [0.05, 0.1) is 33.0 Å². The van der Waals surface area contributed by atoms with Crippen molar-refractivity contribution in [3.8, 4) is 0 Å². The lowest BCUT2D eigenvalue weighted by Crippen LogP contribution is -2.66. The molecule has 0 saturated carbocycles. The Kier molecular flexibility index (Phi) is 11.3. The molecule has 1 aliphatic heterocycles. The topological polar surface area (TPSA) is 66.4 Å². The van der Waals surface area contributed by atoms with Crippen LogP contribution in [0.3, 0.4) is 0 Å². The number of hydrogen-bond acceptors (Lipinski definition) is 6. The van der Waals surface area contributed by atoms with Crippen molar-refractivity contribution in [1.82, 2.24) is 0 Å². The first-order valence-electron chi connectivity index (χ1n) is 14.8. The predicted molar refractivity (Wildman–Crippen MR) is 166 cm³/mol. The van der Waals surface area contributed by atoms with E-state index in [0.717, 1.165) is 22.3 Å². The molecule has 4 aromatic rings. The standard InChI is InChI=1S/C37H40O6/c1-2-23-37(38)36(42-27-32-21-13-6-14-22-32)35(41-26-31-19-11-5-12-20-31)34(40-25-30-17-9-4-10-18-30)33(43-37)28-39-24-29-15-7-3-8-16-29/h2-23,33-36,38H,24-28H2,1H3/b23-2+/t33-,34-,35+,36-,37+/m1/s1. The van der Waals surface area contributed by atoms with E-state index in [2.05, 4.69) is 0 Å². The van der Waals surface area contributed by atoms with Gasteiger partial charge in [-0.15, -0.1) is 0 Å². The van der Waals surface area contributed by atoms with Crippen molar-refractivity contribution in [3.63, 3.8) is 0 Å². The monoisotopic (exact) mass is 580 g/mol. The zero-order valence-electron chi connectivity index (χ0n) is 24.5. The average molecular weight is 581 g/mol.